The van der Waals surface area contributed by atoms with Crippen molar-refractivity contribution >= 4 is 18.0 Å². The molecule has 6 heteroatoms. The van der Waals surface area contributed by atoms with Crippen molar-refractivity contribution in [1.82, 2.24) is 4.90 Å². The summed E-state index contributed by atoms with van der Waals surface area (Å²) in [6, 6.07) is 4.71. The lowest BCUT2D eigenvalue weighted by Crippen LogP contribution is -2.37. The first-order chi connectivity index (χ1) is 11.0. The Balaban J connectivity index is 1.92. The quantitative estimate of drug-likeness (QED) is 0.663. The average molecular weight is 319 g/mol. The number of methoxy groups -OCH3 is 1. The number of ether oxygens (including phenoxy) is 2. The molecule has 0 bridgehead atoms. The Bertz CT molecular complexity index is 605. The molecule has 6 nitrogen and oxygen atoms in total. The van der Waals surface area contributed by atoms with Crippen LogP contribution < -0.4 is 4.74 Å². The van der Waals surface area contributed by atoms with Crippen molar-refractivity contribution in [2.24, 2.45) is 0 Å². The van der Waals surface area contributed by atoms with Crippen molar-refractivity contribution < 1.29 is 24.2 Å². The second-order valence-electron chi connectivity index (χ2n) is 5.38. The van der Waals surface area contributed by atoms with Gasteiger partial charge in [0.15, 0.2) is 17.6 Å². The third kappa shape index (κ3) is 4.48. The Hall–Kier alpha value is -2.50. The number of hydrogen-bond acceptors (Lipinski definition) is 5. The second kappa shape index (κ2) is 7.67. The normalized spacial score (nSPS) is 15.7. The zero-order valence-electron chi connectivity index (χ0n) is 13.3. The van der Waals surface area contributed by atoms with Crippen molar-refractivity contribution in [3.63, 3.8) is 0 Å². The molecule has 1 aromatic carbocycles. The number of amides is 1. The molecular formula is C17H21NO5. The smallest absolute Gasteiger partial charge is 0.331 e. The van der Waals surface area contributed by atoms with Crippen LogP contribution in [0.15, 0.2) is 24.3 Å². The maximum absolute atomic E-state index is 12.1. The molecule has 23 heavy (non-hydrogen) atoms. The number of phenols is 1. The van der Waals surface area contributed by atoms with Crippen LogP contribution in [0.4, 0.5) is 0 Å². The average Bonchev–Trinajstić information content (AvgIpc) is 3.07. The molecule has 1 fully saturated rings. The summed E-state index contributed by atoms with van der Waals surface area (Å²) in [4.78, 5) is 25.6. The van der Waals surface area contributed by atoms with Gasteiger partial charge in [-0.05, 0) is 43.5 Å². The first-order valence-electron chi connectivity index (χ1n) is 7.55. The molecule has 1 N–H and O–H groups in total. The summed E-state index contributed by atoms with van der Waals surface area (Å²) in [7, 11) is 1.45. The fraction of sp³-hybridized carbons (Fsp3) is 0.412. The number of carbonyl (C=O) groups is 2. The van der Waals surface area contributed by atoms with E-state index in [0.717, 1.165) is 25.9 Å². The minimum Gasteiger partial charge on any atom is -0.504 e. The van der Waals surface area contributed by atoms with Crippen LogP contribution >= 0.6 is 0 Å². The molecule has 0 aliphatic carbocycles. The summed E-state index contributed by atoms with van der Waals surface area (Å²) >= 11 is 0. The first-order valence-corrected chi connectivity index (χ1v) is 7.55. The van der Waals surface area contributed by atoms with E-state index in [1.165, 1.54) is 25.3 Å². The maximum Gasteiger partial charge on any atom is 0.331 e. The third-order valence-corrected chi connectivity index (χ3v) is 3.67. The standard InChI is InChI=1S/C17H21NO5/c1-12(17(21)18-9-3-4-10-18)23-16(20)8-6-13-5-7-14(19)15(11-13)22-2/h5-8,11-12,19H,3-4,9-10H2,1-2H3/b8-6+/t12-/m1/s1. The molecule has 1 atom stereocenters. The van der Waals surface area contributed by atoms with E-state index in [4.69, 9.17) is 9.47 Å². The Kier molecular flexibility index (Phi) is 5.62. The van der Waals surface area contributed by atoms with E-state index in [-0.39, 0.29) is 11.7 Å². The van der Waals surface area contributed by atoms with Crippen LogP contribution in [0, 0.1) is 0 Å². The fourth-order valence-electron chi connectivity index (χ4n) is 2.42. The number of hydrogen-bond donors (Lipinski definition) is 1. The number of rotatable bonds is 5. The SMILES string of the molecule is COc1cc(/C=C/C(=O)O[C@H](C)C(=O)N2CCCC2)ccc1O. The van der Waals surface area contributed by atoms with Crippen LogP contribution in [0.3, 0.4) is 0 Å². The minimum absolute atomic E-state index is 0.0251. The number of aromatic hydroxyl groups is 1. The van der Waals surface area contributed by atoms with Gasteiger partial charge in [0.1, 0.15) is 0 Å². The Morgan fingerprint density at radius 2 is 2.00 bits per heavy atom. The number of nitrogens with zero attached hydrogens (tertiary/aromatic N) is 1. The van der Waals surface area contributed by atoms with Gasteiger partial charge in [-0.15, -0.1) is 0 Å². The van der Waals surface area contributed by atoms with Gasteiger partial charge in [0, 0.05) is 19.2 Å². The van der Waals surface area contributed by atoms with Crippen LogP contribution in [-0.2, 0) is 14.3 Å². The van der Waals surface area contributed by atoms with Gasteiger partial charge in [-0.1, -0.05) is 6.07 Å². The summed E-state index contributed by atoms with van der Waals surface area (Å²) < 4.78 is 10.1. The van der Waals surface area contributed by atoms with E-state index in [2.05, 4.69) is 0 Å². The lowest BCUT2D eigenvalue weighted by atomic mass is 10.2. The van der Waals surface area contributed by atoms with Crippen LogP contribution in [-0.4, -0.2) is 48.2 Å². The van der Waals surface area contributed by atoms with Crippen LogP contribution in [0.1, 0.15) is 25.3 Å². The monoisotopic (exact) mass is 319 g/mol. The van der Waals surface area contributed by atoms with E-state index in [1.54, 1.807) is 24.0 Å². The zero-order chi connectivity index (χ0) is 16.8. The minimum atomic E-state index is -0.792. The van der Waals surface area contributed by atoms with E-state index >= 15 is 0 Å². The number of benzene rings is 1. The zero-order valence-corrected chi connectivity index (χ0v) is 13.3. The molecule has 1 saturated heterocycles. The first kappa shape index (κ1) is 16.9. The highest BCUT2D eigenvalue weighted by Gasteiger charge is 2.25. The van der Waals surface area contributed by atoms with Gasteiger partial charge < -0.3 is 19.5 Å². The number of likely N-dealkylation sites (tertiary alicyclic amines) is 1. The molecule has 0 unspecified atom stereocenters. The predicted molar refractivity (Wildman–Crippen MR) is 85.1 cm³/mol. The number of esters is 1. The van der Waals surface area contributed by atoms with E-state index < -0.39 is 12.1 Å². The lowest BCUT2D eigenvalue weighted by Gasteiger charge is -2.19. The molecule has 0 spiro atoms. The van der Waals surface area contributed by atoms with Gasteiger partial charge >= 0.3 is 5.97 Å². The van der Waals surface area contributed by atoms with Crippen molar-refractivity contribution in [3.05, 3.63) is 29.8 Å². The van der Waals surface area contributed by atoms with Crippen molar-refractivity contribution in [2.45, 2.75) is 25.9 Å². The van der Waals surface area contributed by atoms with E-state index in [0.29, 0.717) is 11.3 Å². The Morgan fingerprint density at radius 1 is 1.30 bits per heavy atom. The van der Waals surface area contributed by atoms with Crippen molar-refractivity contribution in [3.8, 4) is 11.5 Å². The van der Waals surface area contributed by atoms with Gasteiger partial charge in [-0.25, -0.2) is 4.79 Å². The van der Waals surface area contributed by atoms with E-state index in [1.807, 2.05) is 0 Å². The Labute approximate surface area is 135 Å². The maximum atomic E-state index is 12.1. The molecule has 2 rings (SSSR count). The summed E-state index contributed by atoms with van der Waals surface area (Å²) in [6.07, 6.45) is 3.99. The molecule has 0 aromatic heterocycles. The lowest BCUT2D eigenvalue weighted by molar-refractivity contribution is -0.154. The highest BCUT2D eigenvalue weighted by Crippen LogP contribution is 2.26. The second-order valence-corrected chi connectivity index (χ2v) is 5.38. The molecule has 1 aliphatic rings. The van der Waals surface area contributed by atoms with Crippen LogP contribution in [0.25, 0.3) is 6.08 Å². The molecule has 0 saturated carbocycles. The highest BCUT2D eigenvalue weighted by molar-refractivity contribution is 5.90. The molecule has 124 valence electrons. The number of phenolic OH excluding ortho intramolecular Hbond substituents is 1. The predicted octanol–water partition coefficient (Wildman–Crippen LogP) is 1.97. The molecule has 1 amide bonds. The molecule has 1 aromatic rings. The van der Waals surface area contributed by atoms with Gasteiger partial charge in [0.05, 0.1) is 7.11 Å². The summed E-state index contributed by atoms with van der Waals surface area (Å²) in [5.74, 6) is -0.400. The molecule has 1 heterocycles. The van der Waals surface area contributed by atoms with Crippen LogP contribution in [0.5, 0.6) is 11.5 Å². The van der Waals surface area contributed by atoms with Gasteiger partial charge in [-0.3, -0.25) is 4.79 Å². The van der Waals surface area contributed by atoms with Gasteiger partial charge in [0.25, 0.3) is 5.91 Å². The molecule has 0 radical (unpaired) electrons. The Morgan fingerprint density at radius 3 is 2.65 bits per heavy atom. The fourth-order valence-corrected chi connectivity index (χ4v) is 2.42. The third-order valence-electron chi connectivity index (χ3n) is 3.67. The van der Waals surface area contributed by atoms with Crippen molar-refractivity contribution in [1.29, 1.82) is 0 Å². The number of carbonyl (C=O) groups excluding carboxylic acids is 2. The van der Waals surface area contributed by atoms with Gasteiger partial charge in [0.2, 0.25) is 0 Å². The van der Waals surface area contributed by atoms with Crippen molar-refractivity contribution in [2.75, 3.05) is 20.2 Å². The summed E-state index contributed by atoms with van der Waals surface area (Å²) in [6.45, 7) is 3.03. The van der Waals surface area contributed by atoms with E-state index in [9.17, 15) is 14.7 Å². The van der Waals surface area contributed by atoms with Gasteiger partial charge in [-0.2, -0.15) is 0 Å². The topological polar surface area (TPSA) is 76.1 Å². The highest BCUT2D eigenvalue weighted by atomic mass is 16.5. The largest absolute Gasteiger partial charge is 0.504 e. The molecular weight excluding hydrogens is 298 g/mol. The summed E-state index contributed by atoms with van der Waals surface area (Å²) in [5.41, 5.74) is 0.676. The van der Waals surface area contributed by atoms with Crippen LogP contribution in [0.2, 0.25) is 0 Å². The summed E-state index contributed by atoms with van der Waals surface area (Å²) in [5, 5.41) is 9.51. The molecule has 1 aliphatic heterocycles.